The molecule has 0 aliphatic carbocycles. The molecule has 0 aromatic heterocycles. The van der Waals surface area contributed by atoms with E-state index in [0.29, 0.717) is 11.7 Å². The summed E-state index contributed by atoms with van der Waals surface area (Å²) < 4.78 is 0. The quantitative estimate of drug-likeness (QED) is 0.471. The van der Waals surface area contributed by atoms with Crippen molar-refractivity contribution in [1.82, 2.24) is 0 Å². The van der Waals surface area contributed by atoms with Gasteiger partial charge in [-0.1, -0.05) is 46.4 Å². The van der Waals surface area contributed by atoms with Gasteiger partial charge in [-0.25, -0.2) is 0 Å². The molecule has 0 fully saturated rings. The molecule has 0 amide bonds. The average molecular weight is 124 g/mol. The van der Waals surface area contributed by atoms with Crippen LogP contribution in [-0.2, 0) is 0 Å². The first-order valence-electron chi connectivity index (χ1n) is 3.61. The van der Waals surface area contributed by atoms with Crippen molar-refractivity contribution in [2.24, 2.45) is 11.3 Å². The van der Waals surface area contributed by atoms with Crippen LogP contribution in [0.25, 0.3) is 0 Å². The zero-order valence-electron chi connectivity index (χ0n) is 7.23. The van der Waals surface area contributed by atoms with Gasteiger partial charge in [-0.3, -0.25) is 0 Å². The van der Waals surface area contributed by atoms with Crippen LogP contribution in [0.4, 0.5) is 0 Å². The van der Waals surface area contributed by atoms with E-state index in [1.165, 1.54) is 0 Å². The van der Waals surface area contributed by atoms with Crippen molar-refractivity contribution < 1.29 is 0 Å². The van der Waals surface area contributed by atoms with Gasteiger partial charge in [0.25, 0.3) is 0 Å². The van der Waals surface area contributed by atoms with E-state index >= 15 is 0 Å². The van der Waals surface area contributed by atoms with Crippen molar-refractivity contribution in [1.29, 1.82) is 0 Å². The van der Waals surface area contributed by atoms with Crippen molar-refractivity contribution in [3.8, 4) is 0 Å². The Bertz CT molecular complexity index is 79.1. The molecule has 9 heavy (non-hydrogen) atoms. The van der Waals surface area contributed by atoms with E-state index in [0.717, 1.165) is 0 Å². The summed E-state index contributed by atoms with van der Waals surface area (Å²) in [6.45, 7) is 10.9. The molecule has 0 bridgehead atoms. The molecule has 52 valence electrons. The van der Waals surface area contributed by atoms with Crippen molar-refractivity contribution in [2.45, 2.75) is 40.4 Å². The van der Waals surface area contributed by atoms with Crippen molar-refractivity contribution in [3.05, 3.63) is 0 Å². The van der Waals surface area contributed by atoms with Gasteiger partial charge in [0.2, 0.25) is 0 Å². The zero-order chi connectivity index (χ0) is 7.65. The van der Waals surface area contributed by atoms with Crippen LogP contribution in [0, 0.1) is 11.3 Å². The molecule has 1 atom stereocenters. The predicted molar refractivity (Wildman–Crippen MR) is 43.8 cm³/mol. The van der Waals surface area contributed by atoms with Crippen LogP contribution in [0.3, 0.4) is 0 Å². The molecule has 2 radical (unpaired) electrons. The van der Waals surface area contributed by atoms with Crippen molar-refractivity contribution in [2.75, 3.05) is 0 Å². The summed E-state index contributed by atoms with van der Waals surface area (Å²) in [6.07, 6.45) is 0. The van der Waals surface area contributed by atoms with E-state index in [1.54, 1.807) is 0 Å². The summed E-state index contributed by atoms with van der Waals surface area (Å²) in [7, 11) is 5.89. The molecule has 0 saturated heterocycles. The second-order valence-corrected chi connectivity index (χ2v) is 4.14. The average Bonchev–Trinajstić information content (AvgIpc) is 1.62. The smallest absolute Gasteiger partial charge is 0.0704 e. The van der Waals surface area contributed by atoms with Gasteiger partial charge in [-0.05, 0) is 5.41 Å². The highest BCUT2D eigenvalue weighted by atomic mass is 14.2. The van der Waals surface area contributed by atoms with Gasteiger partial charge in [0.15, 0.2) is 0 Å². The van der Waals surface area contributed by atoms with Crippen LogP contribution >= 0.6 is 0 Å². The van der Waals surface area contributed by atoms with E-state index in [-0.39, 0.29) is 5.41 Å². The highest BCUT2D eigenvalue weighted by Gasteiger charge is 2.21. The standard InChI is InChI=1S/C8H17B/c1-6(2)7(9)8(3,4)5/h6-7H,1-5H3. The van der Waals surface area contributed by atoms with E-state index in [1.807, 2.05) is 0 Å². The lowest BCUT2D eigenvalue weighted by molar-refractivity contribution is 0.321. The maximum atomic E-state index is 5.89. The molecule has 0 nitrogen and oxygen atoms in total. The van der Waals surface area contributed by atoms with Gasteiger partial charge in [0.1, 0.15) is 0 Å². The van der Waals surface area contributed by atoms with Crippen molar-refractivity contribution in [3.63, 3.8) is 0 Å². The van der Waals surface area contributed by atoms with E-state index in [4.69, 9.17) is 7.85 Å². The Morgan fingerprint density at radius 2 is 1.44 bits per heavy atom. The first-order chi connectivity index (χ1) is 3.85. The van der Waals surface area contributed by atoms with Gasteiger partial charge >= 0.3 is 0 Å². The number of hydrogen-bond donors (Lipinski definition) is 0. The molecule has 0 rings (SSSR count). The first kappa shape index (κ1) is 9.06. The Labute approximate surface area is 60.4 Å². The lowest BCUT2D eigenvalue weighted by Gasteiger charge is -2.30. The molecule has 0 aliphatic heterocycles. The van der Waals surface area contributed by atoms with Gasteiger partial charge in [0, 0.05) is 0 Å². The maximum absolute atomic E-state index is 5.89. The second-order valence-electron chi connectivity index (χ2n) is 4.14. The maximum Gasteiger partial charge on any atom is 0.0710 e. The second kappa shape index (κ2) is 2.77. The van der Waals surface area contributed by atoms with Crippen LogP contribution in [-0.4, -0.2) is 7.85 Å². The summed E-state index contributed by atoms with van der Waals surface area (Å²) in [5, 5.41) is 0. The van der Waals surface area contributed by atoms with Crippen LogP contribution < -0.4 is 0 Å². The lowest BCUT2D eigenvalue weighted by Crippen LogP contribution is -2.19. The van der Waals surface area contributed by atoms with Crippen molar-refractivity contribution >= 4 is 7.85 Å². The molecule has 1 unspecified atom stereocenters. The van der Waals surface area contributed by atoms with E-state index in [2.05, 4.69) is 34.6 Å². The molecule has 0 spiro atoms. The van der Waals surface area contributed by atoms with Gasteiger partial charge in [-0.2, -0.15) is 0 Å². The SMILES string of the molecule is [B]C(C(C)C)C(C)(C)C. The number of rotatable bonds is 1. The molecule has 0 N–H and O–H groups in total. The monoisotopic (exact) mass is 124 g/mol. The summed E-state index contributed by atoms with van der Waals surface area (Å²) in [4.78, 5) is 0. The summed E-state index contributed by atoms with van der Waals surface area (Å²) in [5.74, 6) is 0.905. The minimum absolute atomic E-state index is 0.258. The third-order valence-electron chi connectivity index (χ3n) is 1.72. The summed E-state index contributed by atoms with van der Waals surface area (Å²) in [6, 6.07) is 0. The molecule has 1 heteroatoms. The van der Waals surface area contributed by atoms with Crippen LogP contribution in [0.2, 0.25) is 5.82 Å². The summed E-state index contributed by atoms with van der Waals surface area (Å²) >= 11 is 0. The van der Waals surface area contributed by atoms with E-state index in [9.17, 15) is 0 Å². The molecule has 0 aliphatic rings. The molecular formula is C8H17B. The fourth-order valence-electron chi connectivity index (χ4n) is 1.00. The summed E-state index contributed by atoms with van der Waals surface area (Å²) in [5.41, 5.74) is 0.258. The fraction of sp³-hybridized carbons (Fsp3) is 1.00. The van der Waals surface area contributed by atoms with Gasteiger partial charge in [0.05, 0.1) is 7.85 Å². The highest BCUT2D eigenvalue weighted by molar-refractivity contribution is 6.12. The predicted octanol–water partition coefficient (Wildman–Crippen LogP) is 2.65. The molecule has 0 aromatic carbocycles. The van der Waals surface area contributed by atoms with Crippen LogP contribution in [0.15, 0.2) is 0 Å². The van der Waals surface area contributed by atoms with Gasteiger partial charge < -0.3 is 0 Å². The zero-order valence-corrected chi connectivity index (χ0v) is 7.23. The van der Waals surface area contributed by atoms with Crippen LogP contribution in [0.1, 0.15) is 34.6 Å². The normalized spacial score (nSPS) is 16.2. The minimum Gasteiger partial charge on any atom is -0.0704 e. The molecule has 0 saturated carbocycles. The fourth-order valence-corrected chi connectivity index (χ4v) is 1.00. The number of hydrogen-bond acceptors (Lipinski definition) is 0. The Morgan fingerprint density at radius 3 is 1.44 bits per heavy atom. The minimum atomic E-state index is 0.258. The lowest BCUT2D eigenvalue weighted by atomic mass is 9.63. The largest absolute Gasteiger partial charge is 0.0710 e. The molecule has 0 aromatic rings. The third-order valence-corrected chi connectivity index (χ3v) is 1.72. The molecular weight excluding hydrogens is 107 g/mol. The first-order valence-corrected chi connectivity index (χ1v) is 3.61. The molecule has 0 heterocycles. The Balaban J connectivity index is 3.88. The van der Waals surface area contributed by atoms with Gasteiger partial charge in [-0.15, -0.1) is 0 Å². The third kappa shape index (κ3) is 2.93. The van der Waals surface area contributed by atoms with E-state index < -0.39 is 0 Å². The van der Waals surface area contributed by atoms with Crippen LogP contribution in [0.5, 0.6) is 0 Å². The Morgan fingerprint density at radius 1 is 1.11 bits per heavy atom. The Kier molecular flexibility index (Phi) is 2.79. The highest BCUT2D eigenvalue weighted by Crippen LogP contribution is 2.34. The topological polar surface area (TPSA) is 0 Å². The Hall–Kier alpha value is 0.0649.